The number of ether oxygens (including phenoxy) is 1. The van der Waals surface area contributed by atoms with Crippen molar-refractivity contribution in [1.29, 1.82) is 0 Å². The molecule has 0 fully saturated rings. The monoisotopic (exact) mass is 408 g/mol. The highest BCUT2D eigenvalue weighted by atomic mass is 32.1. The maximum Gasteiger partial charge on any atom is 0.257 e. The lowest BCUT2D eigenvalue weighted by Crippen LogP contribution is -2.43. The van der Waals surface area contributed by atoms with E-state index < -0.39 is 8.32 Å². The van der Waals surface area contributed by atoms with Gasteiger partial charge < -0.3 is 14.3 Å². The number of phenols is 1. The zero-order valence-corrected chi connectivity index (χ0v) is 18.5. The summed E-state index contributed by atoms with van der Waals surface area (Å²) in [5.41, 5.74) is 0.303. The van der Waals surface area contributed by atoms with Crippen molar-refractivity contribution in [2.24, 2.45) is 0 Å². The van der Waals surface area contributed by atoms with Gasteiger partial charge in [-0.3, -0.25) is 10.1 Å². The van der Waals surface area contributed by atoms with Crippen LogP contribution < -0.4 is 10.1 Å². The van der Waals surface area contributed by atoms with Crippen molar-refractivity contribution in [2.75, 3.05) is 11.9 Å². The second kappa shape index (κ2) is 8.41. The molecule has 2 N–H and O–H groups in total. The highest BCUT2D eigenvalue weighted by molar-refractivity contribution is 7.13. The number of aromatic hydroxyl groups is 1. The second-order valence-electron chi connectivity index (χ2n) is 8.01. The van der Waals surface area contributed by atoms with E-state index in [1.807, 2.05) is 6.92 Å². The third-order valence-corrected chi connectivity index (χ3v) is 9.82. The Morgan fingerprint density at radius 1 is 1.33 bits per heavy atom. The molecule has 2 aromatic rings. The molecule has 0 spiro atoms. The number of benzene rings is 1. The molecule has 27 heavy (non-hydrogen) atoms. The minimum atomic E-state index is -1.86. The topological polar surface area (TPSA) is 80.7 Å². The fourth-order valence-electron chi connectivity index (χ4n) is 2.05. The molecule has 8 heteroatoms. The van der Waals surface area contributed by atoms with E-state index >= 15 is 0 Å². The van der Waals surface area contributed by atoms with Crippen molar-refractivity contribution in [2.45, 2.75) is 51.9 Å². The Balaban J connectivity index is 2.02. The van der Waals surface area contributed by atoms with Gasteiger partial charge in [0.2, 0.25) is 0 Å². The molecule has 1 heterocycles. The fraction of sp³-hybridized carbons (Fsp3) is 0.474. The van der Waals surface area contributed by atoms with E-state index in [-0.39, 0.29) is 22.8 Å². The third kappa shape index (κ3) is 6.05. The van der Waals surface area contributed by atoms with Gasteiger partial charge in [0, 0.05) is 23.2 Å². The van der Waals surface area contributed by atoms with Gasteiger partial charge in [-0.05, 0) is 37.2 Å². The summed E-state index contributed by atoms with van der Waals surface area (Å²) in [5.74, 6) is 0.0378. The Kier molecular flexibility index (Phi) is 6.66. The Hall–Kier alpha value is -1.90. The molecular weight excluding hydrogens is 380 g/mol. The number of phenolic OH excluding ortho intramolecular Hbond substituents is 1. The van der Waals surface area contributed by atoms with Crippen molar-refractivity contribution < 1.29 is 19.1 Å². The summed E-state index contributed by atoms with van der Waals surface area (Å²) in [6.07, 6.45) is 1.40. The van der Waals surface area contributed by atoms with Crippen LogP contribution in [0, 0.1) is 0 Å². The van der Waals surface area contributed by atoms with Crippen LogP contribution in [0.25, 0.3) is 0 Å². The molecule has 1 atom stereocenters. The lowest BCUT2D eigenvalue weighted by Gasteiger charge is -2.36. The summed E-state index contributed by atoms with van der Waals surface area (Å²) in [6.45, 7) is 13.3. The summed E-state index contributed by atoms with van der Waals surface area (Å²) < 4.78 is 12.0. The maximum atomic E-state index is 12.3. The van der Waals surface area contributed by atoms with E-state index in [1.165, 1.54) is 23.5 Å². The van der Waals surface area contributed by atoms with Gasteiger partial charge in [0.1, 0.15) is 17.6 Å². The summed E-state index contributed by atoms with van der Waals surface area (Å²) in [7, 11) is -1.86. The molecule has 1 aromatic carbocycles. The van der Waals surface area contributed by atoms with E-state index in [9.17, 15) is 9.90 Å². The normalized spacial score (nSPS) is 13.3. The van der Waals surface area contributed by atoms with Crippen molar-refractivity contribution in [3.05, 3.63) is 35.3 Å². The Morgan fingerprint density at radius 2 is 2.04 bits per heavy atom. The smallest absolute Gasteiger partial charge is 0.257 e. The Bertz CT molecular complexity index is 773. The molecule has 0 saturated carbocycles. The Morgan fingerprint density at radius 3 is 2.63 bits per heavy atom. The average Bonchev–Trinajstić information content (AvgIpc) is 3.04. The van der Waals surface area contributed by atoms with Gasteiger partial charge in [-0.2, -0.15) is 0 Å². The predicted octanol–water partition coefficient (Wildman–Crippen LogP) is 4.89. The number of thiazole rings is 1. The second-order valence-corrected chi connectivity index (χ2v) is 13.7. The van der Waals surface area contributed by atoms with Crippen LogP contribution in [0.3, 0.4) is 0 Å². The maximum absolute atomic E-state index is 12.3. The van der Waals surface area contributed by atoms with Crippen LogP contribution in [0.2, 0.25) is 18.1 Å². The van der Waals surface area contributed by atoms with Crippen molar-refractivity contribution in [3.8, 4) is 11.5 Å². The van der Waals surface area contributed by atoms with E-state index in [1.54, 1.807) is 17.6 Å². The highest BCUT2D eigenvalue weighted by Gasteiger charge is 2.37. The first-order valence-corrected chi connectivity index (χ1v) is 12.6. The first-order chi connectivity index (χ1) is 12.5. The molecule has 148 valence electrons. The zero-order valence-electron chi connectivity index (χ0n) is 16.7. The number of rotatable bonds is 7. The molecule has 0 aliphatic heterocycles. The number of anilines is 1. The quantitative estimate of drug-likeness (QED) is 0.638. The van der Waals surface area contributed by atoms with Crippen molar-refractivity contribution in [3.63, 3.8) is 0 Å². The number of amides is 1. The number of carbonyl (C=O) groups is 1. The number of nitrogens with zero attached hydrogens (tertiary/aromatic N) is 1. The molecule has 0 bridgehead atoms. The van der Waals surface area contributed by atoms with Gasteiger partial charge in [0.05, 0.1) is 6.61 Å². The van der Waals surface area contributed by atoms with E-state index in [0.717, 1.165) is 0 Å². The van der Waals surface area contributed by atoms with E-state index in [4.69, 9.17) is 9.16 Å². The summed E-state index contributed by atoms with van der Waals surface area (Å²) in [4.78, 5) is 16.4. The van der Waals surface area contributed by atoms with Gasteiger partial charge in [-0.25, -0.2) is 4.98 Å². The van der Waals surface area contributed by atoms with Crippen LogP contribution in [-0.2, 0) is 4.43 Å². The van der Waals surface area contributed by atoms with Crippen LogP contribution in [-0.4, -0.2) is 37.0 Å². The first-order valence-electron chi connectivity index (χ1n) is 8.83. The van der Waals surface area contributed by atoms with Gasteiger partial charge in [-0.1, -0.05) is 20.8 Å². The van der Waals surface area contributed by atoms with Crippen LogP contribution >= 0.6 is 11.3 Å². The SMILES string of the molecule is C[C@@H](CO[Si](C)(C)C(C)(C)C)Oc1cc(O)cc(C(=O)Nc2nccs2)c1. The summed E-state index contributed by atoms with van der Waals surface area (Å²) in [6, 6.07) is 4.49. The Labute approximate surface area is 165 Å². The molecule has 1 aromatic heterocycles. The number of carbonyl (C=O) groups excluding carboxylic acids is 1. The fourth-order valence-corrected chi connectivity index (χ4v) is 3.65. The van der Waals surface area contributed by atoms with Crippen LogP contribution in [0.1, 0.15) is 38.1 Å². The predicted molar refractivity (Wildman–Crippen MR) is 111 cm³/mol. The molecule has 0 aliphatic carbocycles. The molecule has 2 rings (SSSR count). The summed E-state index contributed by atoms with van der Waals surface area (Å²) >= 11 is 1.33. The van der Waals surface area contributed by atoms with Gasteiger partial charge in [0.25, 0.3) is 5.91 Å². The molecule has 0 saturated heterocycles. The van der Waals surface area contributed by atoms with E-state index in [2.05, 4.69) is 44.2 Å². The third-order valence-electron chi connectivity index (χ3n) is 4.63. The molecule has 0 radical (unpaired) electrons. The minimum absolute atomic E-state index is 0.0331. The number of hydrogen-bond acceptors (Lipinski definition) is 6. The van der Waals surface area contributed by atoms with E-state index in [0.29, 0.717) is 23.1 Å². The molecule has 0 aliphatic rings. The summed E-state index contributed by atoms with van der Waals surface area (Å²) in [5, 5.41) is 15.0. The first kappa shape index (κ1) is 21.4. The zero-order chi connectivity index (χ0) is 20.2. The van der Waals surface area contributed by atoms with Crippen LogP contribution in [0.15, 0.2) is 29.8 Å². The lowest BCUT2D eigenvalue weighted by molar-refractivity contribution is 0.102. The van der Waals surface area contributed by atoms with Gasteiger partial charge in [0.15, 0.2) is 13.4 Å². The molecule has 0 unspecified atom stereocenters. The van der Waals surface area contributed by atoms with Crippen molar-refractivity contribution >= 4 is 30.7 Å². The average molecular weight is 409 g/mol. The lowest BCUT2D eigenvalue weighted by atomic mass is 10.2. The number of hydrogen-bond donors (Lipinski definition) is 2. The standard InChI is InChI=1S/C19H28N2O4SSi/c1-13(12-24-27(5,6)19(2,3)4)25-16-10-14(9-15(22)11-16)17(23)21-18-20-7-8-26-18/h7-11,13,22H,12H2,1-6H3,(H,20,21,23)/t13-/m0/s1. The largest absolute Gasteiger partial charge is 0.508 e. The van der Waals surface area contributed by atoms with Gasteiger partial charge in [-0.15, -0.1) is 11.3 Å². The number of nitrogens with one attached hydrogen (secondary N) is 1. The van der Waals surface area contributed by atoms with Crippen molar-refractivity contribution in [1.82, 2.24) is 4.98 Å². The van der Waals surface area contributed by atoms with Crippen LogP contribution in [0.4, 0.5) is 5.13 Å². The van der Waals surface area contributed by atoms with Crippen LogP contribution in [0.5, 0.6) is 11.5 Å². The molecule has 6 nitrogen and oxygen atoms in total. The molecule has 1 amide bonds. The molecular formula is C19H28N2O4SSi. The highest BCUT2D eigenvalue weighted by Crippen LogP contribution is 2.36. The van der Waals surface area contributed by atoms with Gasteiger partial charge >= 0.3 is 0 Å². The minimum Gasteiger partial charge on any atom is -0.508 e. The number of aromatic nitrogens is 1.